The fraction of sp³-hybridized carbons (Fsp3) is 0.588. The summed E-state index contributed by atoms with van der Waals surface area (Å²) in [6.07, 6.45) is 0.375. The number of hydrogen-bond donors (Lipinski definition) is 2. The van der Waals surface area contributed by atoms with Crippen LogP contribution in [0.25, 0.3) is 0 Å². The van der Waals surface area contributed by atoms with Gasteiger partial charge in [-0.3, -0.25) is 0 Å². The lowest BCUT2D eigenvalue weighted by Gasteiger charge is -2.24. The van der Waals surface area contributed by atoms with E-state index in [0.717, 1.165) is 6.42 Å². The second kappa shape index (κ2) is 8.13. The number of hydrogen-bond acceptors (Lipinski definition) is 3. The molecule has 124 valence electrons. The Morgan fingerprint density at radius 2 is 1.95 bits per heavy atom. The monoisotopic (exact) mass is 310 g/mol. The number of carbonyl (C=O) groups excluding carboxylic acids is 1. The van der Waals surface area contributed by atoms with Crippen molar-refractivity contribution in [2.75, 3.05) is 6.54 Å². The van der Waals surface area contributed by atoms with Gasteiger partial charge in [0.1, 0.15) is 11.4 Å². The van der Waals surface area contributed by atoms with Crippen LogP contribution in [0.2, 0.25) is 0 Å². The molecule has 4 nitrogen and oxygen atoms in total. The van der Waals surface area contributed by atoms with Crippen molar-refractivity contribution in [3.05, 3.63) is 35.6 Å². The van der Waals surface area contributed by atoms with Gasteiger partial charge in [-0.25, -0.2) is 9.18 Å². The van der Waals surface area contributed by atoms with Gasteiger partial charge in [0.2, 0.25) is 0 Å². The maximum Gasteiger partial charge on any atom is 0.407 e. The predicted molar refractivity (Wildman–Crippen MR) is 86.3 cm³/mol. The van der Waals surface area contributed by atoms with E-state index in [9.17, 15) is 9.18 Å². The molecule has 0 bridgehead atoms. The van der Waals surface area contributed by atoms with Gasteiger partial charge >= 0.3 is 6.09 Å². The third-order valence-electron chi connectivity index (χ3n) is 3.24. The molecule has 2 unspecified atom stereocenters. The summed E-state index contributed by atoms with van der Waals surface area (Å²) in [6, 6.07) is 6.62. The van der Waals surface area contributed by atoms with Crippen LogP contribution >= 0.6 is 0 Å². The van der Waals surface area contributed by atoms with Crippen molar-refractivity contribution in [1.82, 2.24) is 10.6 Å². The van der Waals surface area contributed by atoms with E-state index >= 15 is 0 Å². The van der Waals surface area contributed by atoms with E-state index in [1.807, 2.05) is 40.7 Å². The lowest BCUT2D eigenvalue weighted by Crippen LogP contribution is -2.43. The van der Waals surface area contributed by atoms with Crippen molar-refractivity contribution >= 4 is 6.09 Å². The van der Waals surface area contributed by atoms with E-state index in [2.05, 4.69) is 10.6 Å². The molecule has 1 aromatic carbocycles. The average molecular weight is 310 g/mol. The number of halogens is 1. The Kier molecular flexibility index (Phi) is 6.81. The van der Waals surface area contributed by atoms with Gasteiger partial charge in [-0.15, -0.1) is 0 Å². The van der Waals surface area contributed by atoms with Gasteiger partial charge in [0.25, 0.3) is 0 Å². The van der Waals surface area contributed by atoms with Gasteiger partial charge in [-0.1, -0.05) is 25.1 Å². The number of amides is 1. The van der Waals surface area contributed by atoms with Gasteiger partial charge in [0, 0.05) is 24.2 Å². The molecule has 0 saturated carbocycles. The minimum absolute atomic E-state index is 0.0436. The van der Waals surface area contributed by atoms with Gasteiger partial charge in [-0.05, 0) is 40.2 Å². The molecule has 1 amide bonds. The molecule has 0 spiro atoms. The van der Waals surface area contributed by atoms with Crippen molar-refractivity contribution in [3.8, 4) is 0 Å². The zero-order valence-electron chi connectivity index (χ0n) is 14.1. The van der Waals surface area contributed by atoms with Crippen LogP contribution in [0.4, 0.5) is 9.18 Å². The van der Waals surface area contributed by atoms with E-state index in [4.69, 9.17) is 4.74 Å². The first kappa shape index (κ1) is 18.4. The fourth-order valence-corrected chi connectivity index (χ4v) is 2.11. The molecule has 0 heterocycles. The summed E-state index contributed by atoms with van der Waals surface area (Å²) in [7, 11) is 0. The number of nitrogens with one attached hydrogen (secondary N) is 2. The summed E-state index contributed by atoms with van der Waals surface area (Å²) in [4.78, 5) is 11.7. The molecule has 0 radical (unpaired) electrons. The zero-order valence-corrected chi connectivity index (χ0v) is 14.1. The lowest BCUT2D eigenvalue weighted by molar-refractivity contribution is 0.0521. The Hall–Kier alpha value is -1.62. The van der Waals surface area contributed by atoms with Crippen LogP contribution in [0.15, 0.2) is 24.3 Å². The number of rotatable bonds is 6. The Balaban J connectivity index is 2.52. The second-order valence-electron chi connectivity index (χ2n) is 6.40. The molecule has 22 heavy (non-hydrogen) atoms. The Morgan fingerprint density at radius 1 is 1.32 bits per heavy atom. The molecule has 0 aliphatic rings. The van der Waals surface area contributed by atoms with Crippen molar-refractivity contribution in [2.45, 2.75) is 58.7 Å². The highest BCUT2D eigenvalue weighted by Crippen LogP contribution is 2.17. The molecule has 0 aliphatic heterocycles. The molecule has 5 heteroatoms. The first-order valence-electron chi connectivity index (χ1n) is 7.70. The molecule has 2 N–H and O–H groups in total. The predicted octanol–water partition coefficient (Wildman–Crippen LogP) is 3.78. The first-order chi connectivity index (χ1) is 10.2. The summed E-state index contributed by atoms with van der Waals surface area (Å²) in [5.74, 6) is -0.225. The third-order valence-corrected chi connectivity index (χ3v) is 3.24. The highest BCUT2D eigenvalue weighted by atomic mass is 19.1. The Labute approximate surface area is 132 Å². The summed E-state index contributed by atoms with van der Waals surface area (Å²) in [5.41, 5.74) is 0.109. The molecule has 2 atom stereocenters. The molecule has 0 fully saturated rings. The minimum atomic E-state index is -0.514. The van der Waals surface area contributed by atoms with Crippen molar-refractivity contribution in [1.29, 1.82) is 0 Å². The summed E-state index contributed by atoms with van der Waals surface area (Å²) >= 11 is 0. The van der Waals surface area contributed by atoms with Gasteiger partial charge in [0.15, 0.2) is 0 Å². The van der Waals surface area contributed by atoms with Crippen LogP contribution in [0.1, 0.15) is 52.6 Å². The van der Waals surface area contributed by atoms with E-state index in [1.165, 1.54) is 6.07 Å². The van der Waals surface area contributed by atoms with E-state index < -0.39 is 11.7 Å². The van der Waals surface area contributed by atoms with Crippen LogP contribution in [-0.4, -0.2) is 24.3 Å². The number of carbonyl (C=O) groups is 1. The topological polar surface area (TPSA) is 50.4 Å². The Morgan fingerprint density at radius 3 is 2.50 bits per heavy atom. The maximum absolute atomic E-state index is 13.8. The van der Waals surface area contributed by atoms with Crippen LogP contribution in [0.5, 0.6) is 0 Å². The SMILES string of the molecule is CCC(CNC(=O)OC(C)(C)C)NC(C)c1ccccc1F. The molecule has 0 saturated heterocycles. The number of benzene rings is 1. The summed E-state index contributed by atoms with van der Waals surface area (Å²) in [6.45, 7) is 9.83. The normalized spacial score (nSPS) is 14.3. The standard InChI is InChI=1S/C17H27FN2O2/c1-6-13(11-19-16(21)22-17(3,4)5)20-12(2)14-9-7-8-10-15(14)18/h7-10,12-13,20H,6,11H2,1-5H3,(H,19,21). The molecular formula is C17H27FN2O2. The lowest BCUT2D eigenvalue weighted by atomic mass is 10.1. The van der Waals surface area contributed by atoms with Crippen molar-refractivity contribution < 1.29 is 13.9 Å². The van der Waals surface area contributed by atoms with E-state index in [-0.39, 0.29) is 17.9 Å². The smallest absolute Gasteiger partial charge is 0.407 e. The maximum atomic E-state index is 13.8. The van der Waals surface area contributed by atoms with Crippen molar-refractivity contribution in [3.63, 3.8) is 0 Å². The third kappa shape index (κ3) is 6.43. The van der Waals surface area contributed by atoms with Gasteiger partial charge in [-0.2, -0.15) is 0 Å². The van der Waals surface area contributed by atoms with Crippen molar-refractivity contribution in [2.24, 2.45) is 0 Å². The molecule has 1 aromatic rings. The fourth-order valence-electron chi connectivity index (χ4n) is 2.11. The van der Waals surface area contributed by atoms with Gasteiger partial charge < -0.3 is 15.4 Å². The zero-order chi connectivity index (χ0) is 16.8. The van der Waals surface area contributed by atoms with E-state index in [0.29, 0.717) is 12.1 Å². The average Bonchev–Trinajstić information content (AvgIpc) is 2.41. The van der Waals surface area contributed by atoms with Crippen LogP contribution in [0.3, 0.4) is 0 Å². The highest BCUT2D eigenvalue weighted by Gasteiger charge is 2.18. The van der Waals surface area contributed by atoms with Gasteiger partial charge in [0.05, 0.1) is 0 Å². The largest absolute Gasteiger partial charge is 0.444 e. The van der Waals surface area contributed by atoms with Crippen LogP contribution in [0, 0.1) is 5.82 Å². The van der Waals surface area contributed by atoms with Crippen LogP contribution in [-0.2, 0) is 4.74 Å². The first-order valence-corrected chi connectivity index (χ1v) is 7.70. The number of ether oxygens (including phenoxy) is 1. The number of alkyl carbamates (subject to hydrolysis) is 1. The summed E-state index contributed by atoms with van der Waals surface area (Å²) < 4.78 is 19.0. The molecule has 0 aliphatic carbocycles. The minimum Gasteiger partial charge on any atom is -0.444 e. The second-order valence-corrected chi connectivity index (χ2v) is 6.40. The molecule has 1 rings (SSSR count). The Bertz CT molecular complexity index is 486. The molecule has 0 aromatic heterocycles. The molecular weight excluding hydrogens is 283 g/mol. The van der Waals surface area contributed by atoms with E-state index in [1.54, 1.807) is 12.1 Å². The quantitative estimate of drug-likeness (QED) is 0.840. The highest BCUT2D eigenvalue weighted by molar-refractivity contribution is 5.67. The van der Waals surface area contributed by atoms with Crippen LogP contribution < -0.4 is 10.6 Å². The summed E-state index contributed by atoms with van der Waals surface area (Å²) in [5, 5.41) is 6.08.